The summed E-state index contributed by atoms with van der Waals surface area (Å²) < 4.78 is 0. The molecular weight excluding hydrogens is 266 g/mol. The number of hydrogen-bond donors (Lipinski definition) is 1. The minimum Gasteiger partial charge on any atom is -0.313 e. The van der Waals surface area contributed by atoms with Gasteiger partial charge in [0.1, 0.15) is 0 Å². The van der Waals surface area contributed by atoms with Crippen LogP contribution in [0.2, 0.25) is 0 Å². The summed E-state index contributed by atoms with van der Waals surface area (Å²) in [6.45, 7) is 5.93. The summed E-state index contributed by atoms with van der Waals surface area (Å²) >= 11 is 0. The Kier molecular flexibility index (Phi) is 3.80. The number of fused-ring (bicyclic) bond motifs is 1. The molecule has 0 aromatic heterocycles. The van der Waals surface area contributed by atoms with E-state index >= 15 is 0 Å². The number of aryl methyl sites for hydroxylation is 1. The average Bonchev–Trinajstić information content (AvgIpc) is 2.55. The summed E-state index contributed by atoms with van der Waals surface area (Å²) in [6.07, 6.45) is 12.3. The molecule has 4 rings (SSSR count). The van der Waals surface area contributed by atoms with Crippen molar-refractivity contribution >= 4 is 0 Å². The molecule has 0 unspecified atom stereocenters. The fourth-order valence-corrected chi connectivity index (χ4v) is 5.86. The molecule has 1 aromatic carbocycles. The van der Waals surface area contributed by atoms with Crippen LogP contribution in [-0.4, -0.2) is 12.6 Å². The number of rotatable bonds is 3. The summed E-state index contributed by atoms with van der Waals surface area (Å²) in [5, 5.41) is 3.88. The molecule has 0 amide bonds. The third-order valence-corrected chi connectivity index (χ3v) is 7.03. The van der Waals surface area contributed by atoms with Crippen molar-refractivity contribution in [3.05, 3.63) is 34.4 Å². The molecule has 0 spiro atoms. The molecule has 3 aliphatic rings. The van der Waals surface area contributed by atoms with E-state index in [9.17, 15) is 0 Å². The van der Waals surface area contributed by atoms with Crippen LogP contribution in [0.1, 0.15) is 74.1 Å². The van der Waals surface area contributed by atoms with Crippen LogP contribution in [0.5, 0.6) is 0 Å². The fraction of sp³-hybridized carbons (Fsp3) is 0.714. The highest BCUT2D eigenvalue weighted by Crippen LogP contribution is 2.54. The van der Waals surface area contributed by atoms with Crippen molar-refractivity contribution in [2.24, 2.45) is 5.92 Å². The van der Waals surface area contributed by atoms with E-state index in [2.05, 4.69) is 31.3 Å². The maximum absolute atomic E-state index is 3.88. The summed E-state index contributed by atoms with van der Waals surface area (Å²) in [7, 11) is 0. The minimum atomic E-state index is 0.524. The van der Waals surface area contributed by atoms with E-state index in [1.165, 1.54) is 64.3 Å². The third-order valence-electron chi connectivity index (χ3n) is 7.03. The topological polar surface area (TPSA) is 12.0 Å². The summed E-state index contributed by atoms with van der Waals surface area (Å²) in [4.78, 5) is 0. The van der Waals surface area contributed by atoms with Crippen LogP contribution < -0.4 is 5.32 Å². The van der Waals surface area contributed by atoms with Gasteiger partial charge in [0.15, 0.2) is 0 Å². The third kappa shape index (κ3) is 2.08. The molecule has 22 heavy (non-hydrogen) atoms. The Balaban J connectivity index is 1.79. The molecule has 2 aliphatic carbocycles. The lowest BCUT2D eigenvalue weighted by Crippen LogP contribution is -2.59. The Hall–Kier alpha value is -0.820. The summed E-state index contributed by atoms with van der Waals surface area (Å²) in [6, 6.07) is 5.78. The second-order valence-electron chi connectivity index (χ2n) is 8.00. The molecule has 1 saturated heterocycles. The van der Waals surface area contributed by atoms with Crippen LogP contribution in [0.4, 0.5) is 0 Å². The van der Waals surface area contributed by atoms with Gasteiger partial charge in [-0.05, 0) is 80.2 Å². The number of nitrogens with one attached hydrogen (secondary N) is 1. The molecule has 1 N–H and O–H groups in total. The largest absolute Gasteiger partial charge is 0.313 e. The van der Waals surface area contributed by atoms with Crippen LogP contribution in [0.15, 0.2) is 12.1 Å². The zero-order valence-electron chi connectivity index (χ0n) is 14.4. The molecule has 1 aliphatic heterocycles. The SMILES string of the molecule is CCCCc1ccc2c(c1C)C[C@H]1NCC[C@@]23CCCC[C@@H]13. The fourth-order valence-electron chi connectivity index (χ4n) is 5.86. The zero-order chi connectivity index (χ0) is 15.2. The van der Waals surface area contributed by atoms with E-state index in [0.717, 1.165) is 12.0 Å². The van der Waals surface area contributed by atoms with Gasteiger partial charge in [-0.25, -0.2) is 0 Å². The van der Waals surface area contributed by atoms with Gasteiger partial charge in [-0.1, -0.05) is 38.3 Å². The van der Waals surface area contributed by atoms with Gasteiger partial charge in [0.2, 0.25) is 0 Å². The average molecular weight is 297 g/mol. The van der Waals surface area contributed by atoms with Gasteiger partial charge in [0, 0.05) is 11.5 Å². The summed E-state index contributed by atoms with van der Waals surface area (Å²) in [5.74, 6) is 0.906. The maximum Gasteiger partial charge on any atom is 0.0144 e. The van der Waals surface area contributed by atoms with E-state index in [1.807, 2.05) is 0 Å². The van der Waals surface area contributed by atoms with E-state index in [4.69, 9.17) is 0 Å². The number of piperidine rings is 1. The first kappa shape index (κ1) is 14.8. The van der Waals surface area contributed by atoms with E-state index in [0.29, 0.717) is 5.41 Å². The molecule has 0 radical (unpaired) electrons. The van der Waals surface area contributed by atoms with E-state index in [-0.39, 0.29) is 0 Å². The first-order valence-electron chi connectivity index (χ1n) is 9.61. The van der Waals surface area contributed by atoms with Crippen molar-refractivity contribution in [3.8, 4) is 0 Å². The van der Waals surface area contributed by atoms with Crippen LogP contribution >= 0.6 is 0 Å². The lowest BCUT2D eigenvalue weighted by Gasteiger charge is -2.56. The van der Waals surface area contributed by atoms with Crippen LogP contribution in [0.25, 0.3) is 0 Å². The molecule has 1 heteroatoms. The van der Waals surface area contributed by atoms with Gasteiger partial charge in [-0.15, -0.1) is 0 Å². The van der Waals surface area contributed by atoms with Crippen molar-refractivity contribution in [1.29, 1.82) is 0 Å². The zero-order valence-corrected chi connectivity index (χ0v) is 14.4. The molecule has 1 aromatic rings. The molecule has 3 atom stereocenters. The van der Waals surface area contributed by atoms with Crippen LogP contribution in [-0.2, 0) is 18.3 Å². The highest BCUT2D eigenvalue weighted by Gasteiger charge is 2.51. The van der Waals surface area contributed by atoms with Gasteiger partial charge in [-0.3, -0.25) is 0 Å². The number of benzene rings is 1. The monoisotopic (exact) mass is 297 g/mol. The van der Waals surface area contributed by atoms with Gasteiger partial charge < -0.3 is 5.32 Å². The standard InChI is InChI=1S/C21H31N/c1-3-4-7-16-9-10-18-17(15(16)2)14-20-19-8-5-6-11-21(18,19)12-13-22-20/h9-10,19-20,22H,3-8,11-14H2,1-2H3/t19-,20+,21-/m0/s1. The van der Waals surface area contributed by atoms with Gasteiger partial charge in [-0.2, -0.15) is 0 Å². The van der Waals surface area contributed by atoms with Crippen molar-refractivity contribution in [2.45, 2.75) is 83.1 Å². The highest BCUT2D eigenvalue weighted by molar-refractivity contribution is 5.48. The lowest BCUT2D eigenvalue weighted by molar-refractivity contribution is 0.0795. The Morgan fingerprint density at radius 2 is 2.14 bits per heavy atom. The molecular formula is C21H31N. The predicted octanol–water partition coefficient (Wildman–Crippen LogP) is 4.68. The molecule has 1 nitrogen and oxygen atoms in total. The van der Waals surface area contributed by atoms with Gasteiger partial charge >= 0.3 is 0 Å². The van der Waals surface area contributed by atoms with Crippen molar-refractivity contribution < 1.29 is 0 Å². The first-order chi connectivity index (χ1) is 10.8. The van der Waals surface area contributed by atoms with E-state index < -0.39 is 0 Å². The minimum absolute atomic E-state index is 0.524. The Morgan fingerprint density at radius 1 is 1.23 bits per heavy atom. The quantitative estimate of drug-likeness (QED) is 0.854. The van der Waals surface area contributed by atoms with E-state index in [1.54, 1.807) is 22.3 Å². The first-order valence-corrected chi connectivity index (χ1v) is 9.61. The molecule has 120 valence electrons. The van der Waals surface area contributed by atoms with Crippen molar-refractivity contribution in [2.75, 3.05) is 6.54 Å². The smallest absolute Gasteiger partial charge is 0.0144 e. The predicted molar refractivity (Wildman–Crippen MR) is 93.5 cm³/mol. The Bertz CT molecular complexity index is 557. The number of hydrogen-bond acceptors (Lipinski definition) is 1. The second kappa shape index (κ2) is 5.67. The maximum atomic E-state index is 3.88. The molecule has 1 heterocycles. The van der Waals surface area contributed by atoms with Crippen LogP contribution in [0, 0.1) is 12.8 Å². The molecule has 1 saturated carbocycles. The van der Waals surface area contributed by atoms with Gasteiger partial charge in [0.05, 0.1) is 0 Å². The van der Waals surface area contributed by atoms with Gasteiger partial charge in [0.25, 0.3) is 0 Å². The Labute approximate surface area is 135 Å². The Morgan fingerprint density at radius 3 is 3.00 bits per heavy atom. The number of unbranched alkanes of at least 4 members (excludes halogenated alkanes) is 1. The highest BCUT2D eigenvalue weighted by atomic mass is 15.0. The normalized spacial score (nSPS) is 33.2. The molecule has 2 fully saturated rings. The summed E-state index contributed by atoms with van der Waals surface area (Å²) in [5.41, 5.74) is 7.25. The van der Waals surface area contributed by atoms with Crippen molar-refractivity contribution in [1.82, 2.24) is 5.32 Å². The molecule has 2 bridgehead atoms. The second-order valence-corrected chi connectivity index (χ2v) is 8.00. The van der Waals surface area contributed by atoms with Crippen molar-refractivity contribution in [3.63, 3.8) is 0 Å². The lowest BCUT2D eigenvalue weighted by atomic mass is 9.52. The van der Waals surface area contributed by atoms with Crippen LogP contribution in [0.3, 0.4) is 0 Å².